The van der Waals surface area contributed by atoms with Crippen molar-refractivity contribution in [3.63, 3.8) is 0 Å². The Morgan fingerprint density at radius 1 is 1.11 bits per heavy atom. The summed E-state index contributed by atoms with van der Waals surface area (Å²) < 4.78 is 0. The first-order valence-corrected chi connectivity index (χ1v) is 6.54. The molecule has 0 aliphatic heterocycles. The van der Waals surface area contributed by atoms with Crippen LogP contribution in [0.1, 0.15) is 58.3 Å². The second kappa shape index (κ2) is 5.33. The van der Waals surface area contributed by atoms with Gasteiger partial charge in [0.15, 0.2) is 6.10 Å². The van der Waals surface area contributed by atoms with Gasteiger partial charge in [0, 0.05) is 0 Å². The molecule has 1 aromatic carbocycles. The van der Waals surface area contributed by atoms with E-state index in [9.17, 15) is 9.90 Å². The zero-order valence-corrected chi connectivity index (χ0v) is 12.4. The van der Waals surface area contributed by atoms with Gasteiger partial charge in [-0.3, -0.25) is 0 Å². The summed E-state index contributed by atoms with van der Waals surface area (Å²) >= 11 is 0. The maximum Gasteiger partial charge on any atom is 0.337 e. The first-order chi connectivity index (χ1) is 8.53. The van der Waals surface area contributed by atoms with Gasteiger partial charge in [-0.15, -0.1) is 0 Å². The maximum atomic E-state index is 10.7. The first kappa shape index (κ1) is 15.7. The highest BCUT2D eigenvalue weighted by Crippen LogP contribution is 2.36. The molecule has 0 saturated heterocycles. The summed E-state index contributed by atoms with van der Waals surface area (Å²) in [7, 11) is 0. The molecule has 0 aromatic heterocycles. The Morgan fingerprint density at radius 2 is 1.58 bits per heavy atom. The van der Waals surface area contributed by atoms with Crippen LogP contribution < -0.4 is 0 Å². The predicted octanol–water partition coefficient (Wildman–Crippen LogP) is 3.52. The Morgan fingerprint density at radius 3 is 1.95 bits per heavy atom. The fourth-order valence-electron chi connectivity index (χ4n) is 2.69. The van der Waals surface area contributed by atoms with Crippen LogP contribution in [-0.2, 0) is 10.2 Å². The lowest BCUT2D eigenvalue weighted by molar-refractivity contribution is -0.146. The standard InChI is InChI=1S/C16H24O3/c1-15(2,3)10-16(4,5)12-8-6-11(7-9-12)13(17)14(18)19/h6-9,13,17H,10H2,1-5H3,(H,18,19). The van der Waals surface area contributed by atoms with Crippen molar-refractivity contribution in [1.29, 1.82) is 0 Å². The fraction of sp³-hybridized carbons (Fsp3) is 0.562. The van der Waals surface area contributed by atoms with E-state index in [4.69, 9.17) is 5.11 Å². The number of hydrogen-bond donors (Lipinski definition) is 2. The molecule has 0 bridgehead atoms. The van der Waals surface area contributed by atoms with E-state index in [0.717, 1.165) is 12.0 Å². The Bertz CT molecular complexity index is 438. The molecule has 1 rings (SSSR count). The van der Waals surface area contributed by atoms with Crippen molar-refractivity contribution in [1.82, 2.24) is 0 Å². The SMILES string of the molecule is CC(C)(C)CC(C)(C)c1ccc(C(O)C(=O)O)cc1. The summed E-state index contributed by atoms with van der Waals surface area (Å²) in [6, 6.07) is 7.21. The average molecular weight is 264 g/mol. The summed E-state index contributed by atoms with van der Waals surface area (Å²) in [5, 5.41) is 18.2. The summed E-state index contributed by atoms with van der Waals surface area (Å²) in [4.78, 5) is 10.7. The second-order valence-corrected chi connectivity index (χ2v) is 6.98. The lowest BCUT2D eigenvalue weighted by Gasteiger charge is -2.33. The highest BCUT2D eigenvalue weighted by atomic mass is 16.4. The molecule has 0 heterocycles. The molecule has 0 aliphatic rings. The topological polar surface area (TPSA) is 57.5 Å². The number of carboxylic acids is 1. The minimum atomic E-state index is -1.44. The minimum Gasteiger partial charge on any atom is -0.479 e. The monoisotopic (exact) mass is 264 g/mol. The van der Waals surface area contributed by atoms with E-state index in [1.54, 1.807) is 12.1 Å². The Kier molecular flexibility index (Phi) is 4.41. The molecular formula is C16H24O3. The fourth-order valence-corrected chi connectivity index (χ4v) is 2.69. The van der Waals surface area contributed by atoms with Crippen molar-refractivity contribution < 1.29 is 15.0 Å². The van der Waals surface area contributed by atoms with Gasteiger partial charge >= 0.3 is 5.97 Å². The normalized spacial score (nSPS) is 14.2. The molecule has 1 unspecified atom stereocenters. The molecule has 3 nitrogen and oxygen atoms in total. The number of carbonyl (C=O) groups is 1. The van der Waals surface area contributed by atoms with Crippen molar-refractivity contribution in [2.45, 2.75) is 52.6 Å². The number of aliphatic hydroxyl groups excluding tert-OH is 1. The second-order valence-electron chi connectivity index (χ2n) is 6.98. The van der Waals surface area contributed by atoms with Gasteiger partial charge in [0.05, 0.1) is 0 Å². The van der Waals surface area contributed by atoms with Gasteiger partial charge in [-0.05, 0) is 28.4 Å². The zero-order valence-electron chi connectivity index (χ0n) is 12.4. The van der Waals surface area contributed by atoms with Gasteiger partial charge < -0.3 is 10.2 Å². The predicted molar refractivity (Wildman–Crippen MR) is 76.1 cm³/mol. The number of rotatable bonds is 4. The number of hydrogen-bond acceptors (Lipinski definition) is 2. The van der Waals surface area contributed by atoms with Crippen LogP contribution in [-0.4, -0.2) is 16.2 Å². The third-order valence-corrected chi connectivity index (χ3v) is 3.21. The molecule has 106 valence electrons. The van der Waals surface area contributed by atoms with Gasteiger partial charge in [-0.2, -0.15) is 0 Å². The molecular weight excluding hydrogens is 240 g/mol. The molecule has 19 heavy (non-hydrogen) atoms. The lowest BCUT2D eigenvalue weighted by atomic mass is 9.72. The molecule has 0 saturated carbocycles. The van der Waals surface area contributed by atoms with E-state index >= 15 is 0 Å². The lowest BCUT2D eigenvalue weighted by Crippen LogP contribution is -2.24. The summed E-state index contributed by atoms with van der Waals surface area (Å²) in [6.07, 6.45) is -0.416. The highest BCUT2D eigenvalue weighted by molar-refractivity contribution is 5.74. The Balaban J connectivity index is 2.95. The van der Waals surface area contributed by atoms with E-state index in [2.05, 4.69) is 34.6 Å². The van der Waals surface area contributed by atoms with Crippen LogP contribution in [0, 0.1) is 5.41 Å². The van der Waals surface area contributed by atoms with E-state index in [-0.39, 0.29) is 10.8 Å². The minimum absolute atomic E-state index is 0.0188. The summed E-state index contributed by atoms with van der Waals surface area (Å²) in [5.74, 6) is -1.22. The van der Waals surface area contributed by atoms with Gasteiger partial charge in [0.25, 0.3) is 0 Å². The van der Waals surface area contributed by atoms with E-state index in [1.807, 2.05) is 12.1 Å². The molecule has 0 fully saturated rings. The smallest absolute Gasteiger partial charge is 0.337 e. The zero-order chi connectivity index (χ0) is 14.8. The van der Waals surface area contributed by atoms with Gasteiger partial charge in [0.1, 0.15) is 0 Å². The molecule has 1 aromatic rings. The number of carboxylic acid groups (broad SMARTS) is 1. The summed E-state index contributed by atoms with van der Waals surface area (Å²) in [6.45, 7) is 11.0. The van der Waals surface area contributed by atoms with Crippen LogP contribution in [0.3, 0.4) is 0 Å². The van der Waals surface area contributed by atoms with Crippen molar-refractivity contribution in [3.05, 3.63) is 35.4 Å². The molecule has 3 heteroatoms. The highest BCUT2D eigenvalue weighted by Gasteiger charge is 2.27. The third kappa shape index (κ3) is 4.35. The molecule has 1 atom stereocenters. The van der Waals surface area contributed by atoms with Crippen LogP contribution in [0.4, 0.5) is 0 Å². The number of aliphatic hydroxyl groups is 1. The van der Waals surface area contributed by atoms with Gasteiger partial charge in [-0.25, -0.2) is 4.79 Å². The van der Waals surface area contributed by atoms with Crippen LogP contribution >= 0.6 is 0 Å². The van der Waals surface area contributed by atoms with E-state index in [0.29, 0.717) is 5.56 Å². The van der Waals surface area contributed by atoms with E-state index in [1.165, 1.54) is 0 Å². The number of benzene rings is 1. The molecule has 0 amide bonds. The number of aliphatic carboxylic acids is 1. The van der Waals surface area contributed by atoms with Crippen molar-refractivity contribution >= 4 is 5.97 Å². The van der Waals surface area contributed by atoms with Crippen LogP contribution in [0.25, 0.3) is 0 Å². The molecule has 0 spiro atoms. The molecule has 2 N–H and O–H groups in total. The molecule has 0 aliphatic carbocycles. The largest absolute Gasteiger partial charge is 0.479 e. The summed E-state index contributed by atoms with van der Waals surface area (Å²) in [5.41, 5.74) is 1.82. The maximum absolute atomic E-state index is 10.7. The first-order valence-electron chi connectivity index (χ1n) is 6.54. The Labute approximate surface area is 115 Å². The van der Waals surface area contributed by atoms with Crippen molar-refractivity contribution in [2.24, 2.45) is 5.41 Å². The van der Waals surface area contributed by atoms with Gasteiger partial charge in [-0.1, -0.05) is 58.9 Å². The van der Waals surface area contributed by atoms with Crippen molar-refractivity contribution in [3.8, 4) is 0 Å². The van der Waals surface area contributed by atoms with E-state index < -0.39 is 12.1 Å². The van der Waals surface area contributed by atoms with Crippen LogP contribution in [0.5, 0.6) is 0 Å². The van der Waals surface area contributed by atoms with Crippen LogP contribution in [0.2, 0.25) is 0 Å². The van der Waals surface area contributed by atoms with Crippen LogP contribution in [0.15, 0.2) is 24.3 Å². The van der Waals surface area contributed by atoms with Crippen molar-refractivity contribution in [2.75, 3.05) is 0 Å². The quantitative estimate of drug-likeness (QED) is 0.874. The third-order valence-electron chi connectivity index (χ3n) is 3.21. The Hall–Kier alpha value is -1.35. The van der Waals surface area contributed by atoms with Gasteiger partial charge in [0.2, 0.25) is 0 Å². The average Bonchev–Trinajstić information content (AvgIpc) is 2.25. The molecule has 0 radical (unpaired) electrons.